The van der Waals surface area contributed by atoms with E-state index in [0.29, 0.717) is 11.3 Å². The van der Waals surface area contributed by atoms with E-state index in [1.807, 2.05) is 30.3 Å². The molecule has 6 heteroatoms. The number of nitrogens with zero attached hydrogens (tertiary/aromatic N) is 1. The molecule has 0 saturated heterocycles. The molecule has 0 aliphatic rings. The largest absolute Gasteiger partial charge is 0.320 e. The number of amides is 1. The molecule has 0 radical (unpaired) electrons. The lowest BCUT2D eigenvalue weighted by atomic mass is 10.2. The third-order valence-electron chi connectivity index (χ3n) is 2.90. The third-order valence-corrected chi connectivity index (χ3v) is 4.05. The molecule has 3 aromatic rings. The molecule has 1 amide bonds. The van der Waals surface area contributed by atoms with E-state index in [1.54, 1.807) is 12.3 Å². The maximum absolute atomic E-state index is 12.3. The van der Waals surface area contributed by atoms with Gasteiger partial charge < -0.3 is 5.32 Å². The summed E-state index contributed by atoms with van der Waals surface area (Å²) in [6.45, 7) is 0. The lowest BCUT2D eigenvalue weighted by Crippen LogP contribution is -2.12. The summed E-state index contributed by atoms with van der Waals surface area (Å²) in [5.74, 6) is -0.175. The smallest absolute Gasteiger partial charge is 0.256 e. The van der Waals surface area contributed by atoms with Gasteiger partial charge in [-0.2, -0.15) is 5.10 Å². The molecule has 0 fully saturated rings. The quantitative estimate of drug-likeness (QED) is 0.679. The number of rotatable bonds is 2. The van der Waals surface area contributed by atoms with E-state index in [0.717, 1.165) is 19.8 Å². The number of H-pyrrole nitrogens is 1. The third kappa shape index (κ3) is 2.48. The van der Waals surface area contributed by atoms with Crippen LogP contribution in [0.1, 0.15) is 10.4 Å². The number of para-hydroxylation sites is 1. The number of nitrogens with one attached hydrogen (secondary N) is 2. The number of halogens is 2. The van der Waals surface area contributed by atoms with E-state index in [9.17, 15) is 4.79 Å². The van der Waals surface area contributed by atoms with Crippen LogP contribution in [0.15, 0.2) is 51.5 Å². The first-order valence-electron chi connectivity index (χ1n) is 5.83. The Morgan fingerprint density at radius 3 is 2.85 bits per heavy atom. The van der Waals surface area contributed by atoms with E-state index in [2.05, 4.69) is 47.4 Å². The average Bonchev–Trinajstić information content (AvgIpc) is 2.87. The van der Waals surface area contributed by atoms with E-state index < -0.39 is 0 Å². The highest BCUT2D eigenvalue weighted by Gasteiger charge is 2.12. The molecule has 1 heterocycles. The number of benzene rings is 2. The first-order valence-corrected chi connectivity index (χ1v) is 7.42. The summed E-state index contributed by atoms with van der Waals surface area (Å²) in [6, 6.07) is 11.1. The summed E-state index contributed by atoms with van der Waals surface area (Å²) in [5, 5.41) is 10.7. The number of anilines is 1. The van der Waals surface area contributed by atoms with Crippen LogP contribution in [0.4, 0.5) is 5.69 Å². The molecule has 2 N–H and O–H groups in total. The van der Waals surface area contributed by atoms with Crippen molar-refractivity contribution in [1.82, 2.24) is 10.2 Å². The van der Waals surface area contributed by atoms with Gasteiger partial charge in [-0.05, 0) is 40.2 Å². The normalized spacial score (nSPS) is 10.7. The van der Waals surface area contributed by atoms with Crippen molar-refractivity contribution in [3.05, 3.63) is 57.1 Å². The van der Waals surface area contributed by atoms with Crippen LogP contribution in [-0.2, 0) is 0 Å². The highest BCUT2D eigenvalue weighted by Crippen LogP contribution is 2.25. The lowest BCUT2D eigenvalue weighted by Gasteiger charge is -2.08. The van der Waals surface area contributed by atoms with Crippen molar-refractivity contribution >= 4 is 54.4 Å². The molecular formula is C14H9Br2N3O. The van der Waals surface area contributed by atoms with E-state index in [-0.39, 0.29) is 5.91 Å². The van der Waals surface area contributed by atoms with Crippen LogP contribution in [0, 0.1) is 0 Å². The van der Waals surface area contributed by atoms with Gasteiger partial charge in [-0.3, -0.25) is 9.89 Å². The van der Waals surface area contributed by atoms with Crippen molar-refractivity contribution < 1.29 is 4.79 Å². The van der Waals surface area contributed by atoms with Crippen LogP contribution in [-0.4, -0.2) is 16.1 Å². The Balaban J connectivity index is 1.94. The molecule has 0 aliphatic heterocycles. The maximum Gasteiger partial charge on any atom is 0.256 e. The van der Waals surface area contributed by atoms with Gasteiger partial charge in [-0.25, -0.2) is 0 Å². The molecule has 0 bridgehead atoms. The van der Waals surface area contributed by atoms with E-state index in [1.165, 1.54) is 0 Å². The number of hydrogen-bond donors (Lipinski definition) is 2. The Labute approximate surface area is 131 Å². The molecule has 2 aromatic carbocycles. The van der Waals surface area contributed by atoms with Crippen molar-refractivity contribution in [3.8, 4) is 0 Å². The molecule has 0 atom stereocenters. The number of carbonyl (C=O) groups excluding carboxylic acids is 1. The predicted octanol–water partition coefficient (Wildman–Crippen LogP) is 4.34. The van der Waals surface area contributed by atoms with Crippen molar-refractivity contribution in [1.29, 1.82) is 0 Å². The van der Waals surface area contributed by atoms with Crippen molar-refractivity contribution in [3.63, 3.8) is 0 Å². The van der Waals surface area contributed by atoms with Gasteiger partial charge >= 0.3 is 0 Å². The fourth-order valence-electron chi connectivity index (χ4n) is 1.94. The Morgan fingerprint density at radius 2 is 2.05 bits per heavy atom. The standard InChI is InChI=1S/C14H9Br2N3O/c15-9-4-5-10(11(16)6-9)14(20)18-12-3-1-2-8-7-17-19-13(8)12/h1-7H,(H,17,19)(H,18,20). The Morgan fingerprint density at radius 1 is 1.20 bits per heavy atom. The maximum atomic E-state index is 12.3. The molecule has 0 saturated carbocycles. The highest BCUT2D eigenvalue weighted by atomic mass is 79.9. The molecule has 3 rings (SSSR count). The second-order valence-electron chi connectivity index (χ2n) is 4.22. The molecule has 0 spiro atoms. The van der Waals surface area contributed by atoms with Crippen LogP contribution in [0.5, 0.6) is 0 Å². The first-order chi connectivity index (χ1) is 9.65. The van der Waals surface area contributed by atoms with Crippen LogP contribution >= 0.6 is 31.9 Å². The molecule has 1 aromatic heterocycles. The van der Waals surface area contributed by atoms with Crippen LogP contribution in [0.2, 0.25) is 0 Å². The number of fused-ring (bicyclic) bond motifs is 1. The van der Waals surface area contributed by atoms with Crippen molar-refractivity contribution in [2.24, 2.45) is 0 Å². The Hall–Kier alpha value is -1.66. The monoisotopic (exact) mass is 393 g/mol. The number of aromatic nitrogens is 2. The molecular weight excluding hydrogens is 386 g/mol. The number of aromatic amines is 1. The molecule has 0 unspecified atom stereocenters. The summed E-state index contributed by atoms with van der Waals surface area (Å²) < 4.78 is 1.65. The summed E-state index contributed by atoms with van der Waals surface area (Å²) in [7, 11) is 0. The zero-order valence-corrected chi connectivity index (χ0v) is 13.3. The topological polar surface area (TPSA) is 57.8 Å². The number of hydrogen-bond acceptors (Lipinski definition) is 2. The van der Waals surface area contributed by atoms with Gasteiger partial charge in [0.1, 0.15) is 0 Å². The van der Waals surface area contributed by atoms with Crippen LogP contribution in [0.25, 0.3) is 10.9 Å². The van der Waals surface area contributed by atoms with Crippen molar-refractivity contribution in [2.75, 3.05) is 5.32 Å². The first kappa shape index (κ1) is 13.3. The Kier molecular flexibility index (Phi) is 3.58. The van der Waals surface area contributed by atoms with Gasteiger partial charge in [-0.15, -0.1) is 0 Å². The number of carbonyl (C=O) groups is 1. The fraction of sp³-hybridized carbons (Fsp3) is 0. The fourth-order valence-corrected chi connectivity index (χ4v) is 3.16. The second kappa shape index (κ2) is 5.38. The minimum absolute atomic E-state index is 0.175. The zero-order valence-electron chi connectivity index (χ0n) is 10.2. The van der Waals surface area contributed by atoms with Crippen molar-refractivity contribution in [2.45, 2.75) is 0 Å². The summed E-state index contributed by atoms with van der Waals surface area (Å²) in [6.07, 6.45) is 1.72. The lowest BCUT2D eigenvalue weighted by molar-refractivity contribution is 0.102. The zero-order chi connectivity index (χ0) is 14.1. The summed E-state index contributed by atoms with van der Waals surface area (Å²) >= 11 is 6.76. The minimum atomic E-state index is -0.175. The summed E-state index contributed by atoms with van der Waals surface area (Å²) in [5.41, 5.74) is 2.10. The van der Waals surface area contributed by atoms with Gasteiger partial charge in [-0.1, -0.05) is 28.1 Å². The van der Waals surface area contributed by atoms with Gasteiger partial charge in [0.2, 0.25) is 0 Å². The average molecular weight is 395 g/mol. The minimum Gasteiger partial charge on any atom is -0.320 e. The molecule has 0 aliphatic carbocycles. The van der Waals surface area contributed by atoms with Gasteiger partial charge in [0.25, 0.3) is 5.91 Å². The SMILES string of the molecule is O=C(Nc1cccc2cn[nH]c12)c1ccc(Br)cc1Br. The molecule has 4 nitrogen and oxygen atoms in total. The summed E-state index contributed by atoms with van der Waals surface area (Å²) in [4.78, 5) is 12.3. The Bertz CT molecular complexity index is 798. The van der Waals surface area contributed by atoms with Gasteiger partial charge in [0.05, 0.1) is 23.0 Å². The van der Waals surface area contributed by atoms with Gasteiger partial charge in [0, 0.05) is 14.3 Å². The second-order valence-corrected chi connectivity index (χ2v) is 5.99. The van der Waals surface area contributed by atoms with Crippen LogP contribution in [0.3, 0.4) is 0 Å². The van der Waals surface area contributed by atoms with Gasteiger partial charge in [0.15, 0.2) is 0 Å². The highest BCUT2D eigenvalue weighted by molar-refractivity contribution is 9.11. The predicted molar refractivity (Wildman–Crippen MR) is 85.9 cm³/mol. The van der Waals surface area contributed by atoms with E-state index in [4.69, 9.17) is 0 Å². The molecule has 100 valence electrons. The van der Waals surface area contributed by atoms with E-state index >= 15 is 0 Å². The van der Waals surface area contributed by atoms with Crippen LogP contribution < -0.4 is 5.32 Å². The molecule has 20 heavy (non-hydrogen) atoms.